The van der Waals surface area contributed by atoms with Crippen molar-refractivity contribution in [1.29, 1.82) is 0 Å². The van der Waals surface area contributed by atoms with Gasteiger partial charge in [0.2, 0.25) is 0 Å². The van der Waals surface area contributed by atoms with E-state index < -0.39 is 0 Å². The van der Waals surface area contributed by atoms with Gasteiger partial charge in [-0.3, -0.25) is 0 Å². The van der Waals surface area contributed by atoms with Gasteiger partial charge in [0.25, 0.3) is 0 Å². The van der Waals surface area contributed by atoms with Gasteiger partial charge in [-0.25, -0.2) is 4.98 Å². The number of aliphatic hydroxyl groups excluding tert-OH is 1. The minimum Gasteiger partial charge on any atom is -0.391 e. The number of thiazole rings is 1. The highest BCUT2D eigenvalue weighted by Gasteiger charge is 2.17. The Bertz CT molecular complexity index is 334. The van der Waals surface area contributed by atoms with Gasteiger partial charge in [0.1, 0.15) is 0 Å². The summed E-state index contributed by atoms with van der Waals surface area (Å²) in [7, 11) is 2.10. The van der Waals surface area contributed by atoms with Crippen LogP contribution in [0.15, 0.2) is 0 Å². The van der Waals surface area contributed by atoms with Crippen molar-refractivity contribution in [3.05, 3.63) is 10.6 Å². The van der Waals surface area contributed by atoms with Gasteiger partial charge in [-0.1, -0.05) is 38.5 Å². The van der Waals surface area contributed by atoms with Crippen molar-refractivity contribution < 1.29 is 5.11 Å². The molecule has 0 saturated carbocycles. The Balaban J connectivity index is 2.90. The quantitative estimate of drug-likeness (QED) is 0.814. The van der Waals surface area contributed by atoms with Crippen molar-refractivity contribution in [3.8, 4) is 0 Å². The monoisotopic (exact) mass is 256 g/mol. The second-order valence-electron chi connectivity index (χ2n) is 4.36. The molecule has 3 nitrogen and oxygen atoms in total. The normalized spacial score (nSPS) is 11.2. The molecule has 0 saturated heterocycles. The number of aryl methyl sites for hydroxylation is 1. The topological polar surface area (TPSA) is 36.4 Å². The molecule has 0 aliphatic heterocycles. The lowest BCUT2D eigenvalue weighted by Crippen LogP contribution is -2.30. The van der Waals surface area contributed by atoms with Crippen LogP contribution >= 0.6 is 11.3 Å². The molecular weight excluding hydrogens is 232 g/mol. The fourth-order valence-electron chi connectivity index (χ4n) is 2.07. The molecule has 1 aromatic rings. The molecule has 0 aliphatic carbocycles. The minimum atomic E-state index is 0.115. The number of hydrogen-bond acceptors (Lipinski definition) is 4. The van der Waals surface area contributed by atoms with Crippen molar-refractivity contribution in [2.24, 2.45) is 0 Å². The van der Waals surface area contributed by atoms with Crippen LogP contribution < -0.4 is 4.90 Å². The van der Waals surface area contributed by atoms with E-state index in [0.717, 1.165) is 41.4 Å². The number of anilines is 1. The summed E-state index contributed by atoms with van der Waals surface area (Å²) in [4.78, 5) is 7.95. The van der Waals surface area contributed by atoms with E-state index in [4.69, 9.17) is 0 Å². The van der Waals surface area contributed by atoms with Crippen LogP contribution in [0.2, 0.25) is 0 Å². The van der Waals surface area contributed by atoms with Gasteiger partial charge < -0.3 is 10.0 Å². The SMILES string of the molecule is CCCc1nc(N(C)C(CC)CC)sc1CO. The molecule has 0 amide bonds. The zero-order valence-corrected chi connectivity index (χ0v) is 12.2. The Morgan fingerprint density at radius 3 is 2.41 bits per heavy atom. The maximum absolute atomic E-state index is 9.35. The molecule has 0 aromatic carbocycles. The average molecular weight is 256 g/mol. The summed E-state index contributed by atoms with van der Waals surface area (Å²) in [5.41, 5.74) is 1.08. The van der Waals surface area contributed by atoms with Gasteiger partial charge in [-0.15, -0.1) is 0 Å². The Morgan fingerprint density at radius 1 is 1.29 bits per heavy atom. The standard InChI is InChI=1S/C13H24N2OS/c1-5-8-11-12(9-16)17-13(14-11)15(4)10(6-2)7-3/h10,16H,5-9H2,1-4H3. The zero-order chi connectivity index (χ0) is 12.8. The van der Waals surface area contributed by atoms with E-state index >= 15 is 0 Å². The van der Waals surface area contributed by atoms with E-state index in [2.05, 4.69) is 37.7 Å². The maximum atomic E-state index is 9.35. The van der Waals surface area contributed by atoms with E-state index in [1.165, 1.54) is 0 Å². The van der Waals surface area contributed by atoms with Crippen LogP contribution in [-0.2, 0) is 13.0 Å². The van der Waals surface area contributed by atoms with Crippen LogP contribution in [0.1, 0.15) is 50.6 Å². The van der Waals surface area contributed by atoms with E-state index in [0.29, 0.717) is 6.04 Å². The van der Waals surface area contributed by atoms with Crippen LogP contribution in [0.3, 0.4) is 0 Å². The average Bonchev–Trinajstić information content (AvgIpc) is 2.74. The molecule has 0 radical (unpaired) electrons. The summed E-state index contributed by atoms with van der Waals surface area (Å²) in [5.74, 6) is 0. The predicted octanol–water partition coefficient (Wildman–Crippen LogP) is 3.21. The fraction of sp³-hybridized carbons (Fsp3) is 0.769. The second-order valence-corrected chi connectivity index (χ2v) is 5.42. The molecule has 0 bridgehead atoms. The second kappa shape index (κ2) is 6.97. The summed E-state index contributed by atoms with van der Waals surface area (Å²) < 4.78 is 0. The highest BCUT2D eigenvalue weighted by Crippen LogP contribution is 2.28. The smallest absolute Gasteiger partial charge is 0.185 e. The van der Waals surface area contributed by atoms with Crippen LogP contribution in [0.5, 0.6) is 0 Å². The van der Waals surface area contributed by atoms with Crippen molar-refractivity contribution in [3.63, 3.8) is 0 Å². The highest BCUT2D eigenvalue weighted by molar-refractivity contribution is 7.15. The largest absolute Gasteiger partial charge is 0.391 e. The Hall–Kier alpha value is -0.610. The Labute approximate surface area is 108 Å². The van der Waals surface area contributed by atoms with Crippen LogP contribution in [0.25, 0.3) is 0 Å². The maximum Gasteiger partial charge on any atom is 0.185 e. The first kappa shape index (κ1) is 14.5. The van der Waals surface area contributed by atoms with Crippen LogP contribution in [0, 0.1) is 0 Å². The molecule has 17 heavy (non-hydrogen) atoms. The van der Waals surface area contributed by atoms with Crippen molar-refractivity contribution in [2.75, 3.05) is 11.9 Å². The molecule has 0 aliphatic rings. The molecule has 0 spiro atoms. The first-order valence-electron chi connectivity index (χ1n) is 6.50. The molecule has 0 atom stereocenters. The third kappa shape index (κ3) is 3.42. The van der Waals surface area contributed by atoms with Gasteiger partial charge in [0.15, 0.2) is 5.13 Å². The number of aliphatic hydroxyl groups is 1. The number of nitrogens with zero attached hydrogens (tertiary/aromatic N) is 2. The first-order chi connectivity index (χ1) is 8.17. The van der Waals surface area contributed by atoms with Crippen LogP contribution in [-0.4, -0.2) is 23.2 Å². The molecule has 1 aromatic heterocycles. The minimum absolute atomic E-state index is 0.115. The van der Waals surface area contributed by atoms with Gasteiger partial charge in [0, 0.05) is 13.1 Å². The van der Waals surface area contributed by atoms with E-state index in [1.807, 2.05) is 0 Å². The predicted molar refractivity (Wildman–Crippen MR) is 74.8 cm³/mol. The lowest BCUT2D eigenvalue weighted by Gasteiger charge is -2.25. The lowest BCUT2D eigenvalue weighted by atomic mass is 10.1. The Morgan fingerprint density at radius 2 is 1.94 bits per heavy atom. The molecule has 0 unspecified atom stereocenters. The van der Waals surface area contributed by atoms with E-state index in [9.17, 15) is 5.11 Å². The number of hydrogen-bond donors (Lipinski definition) is 1. The summed E-state index contributed by atoms with van der Waals surface area (Å²) in [6, 6.07) is 0.544. The highest BCUT2D eigenvalue weighted by atomic mass is 32.1. The summed E-state index contributed by atoms with van der Waals surface area (Å²) in [5, 5.41) is 10.4. The molecule has 1 rings (SSSR count). The van der Waals surface area contributed by atoms with Crippen LogP contribution in [0.4, 0.5) is 5.13 Å². The first-order valence-corrected chi connectivity index (χ1v) is 7.31. The van der Waals surface area contributed by atoms with Crippen molar-refractivity contribution in [2.45, 2.75) is 59.1 Å². The molecule has 4 heteroatoms. The third-order valence-corrected chi connectivity index (χ3v) is 4.36. The van der Waals surface area contributed by atoms with Gasteiger partial charge >= 0.3 is 0 Å². The van der Waals surface area contributed by atoms with E-state index in [1.54, 1.807) is 11.3 Å². The van der Waals surface area contributed by atoms with Gasteiger partial charge in [-0.05, 0) is 19.3 Å². The van der Waals surface area contributed by atoms with Crippen molar-refractivity contribution in [1.82, 2.24) is 4.98 Å². The summed E-state index contributed by atoms with van der Waals surface area (Å²) in [6.07, 6.45) is 4.29. The number of aromatic nitrogens is 1. The Kier molecular flexibility index (Phi) is 5.92. The van der Waals surface area contributed by atoms with Gasteiger partial charge in [0.05, 0.1) is 17.2 Å². The molecule has 0 fully saturated rings. The summed E-state index contributed by atoms with van der Waals surface area (Å²) in [6.45, 7) is 6.67. The third-order valence-electron chi connectivity index (χ3n) is 3.19. The molecular formula is C13H24N2OS. The lowest BCUT2D eigenvalue weighted by molar-refractivity contribution is 0.284. The van der Waals surface area contributed by atoms with Gasteiger partial charge in [-0.2, -0.15) is 0 Å². The van der Waals surface area contributed by atoms with E-state index in [-0.39, 0.29) is 6.61 Å². The zero-order valence-electron chi connectivity index (χ0n) is 11.4. The molecule has 1 heterocycles. The number of rotatable bonds is 7. The molecule has 98 valence electrons. The summed E-state index contributed by atoms with van der Waals surface area (Å²) >= 11 is 1.63. The fourth-order valence-corrected chi connectivity index (χ4v) is 3.07. The molecule has 1 N–H and O–H groups in total. The van der Waals surface area contributed by atoms with Crippen molar-refractivity contribution >= 4 is 16.5 Å².